The number of ether oxygens (including phenoxy) is 1. The van der Waals surface area contributed by atoms with Crippen LogP contribution < -0.4 is 0 Å². The van der Waals surface area contributed by atoms with Crippen molar-refractivity contribution in [2.45, 2.75) is 64.8 Å². The molecule has 5 heteroatoms. The van der Waals surface area contributed by atoms with E-state index in [-0.39, 0.29) is 24.8 Å². The van der Waals surface area contributed by atoms with Gasteiger partial charge in [0.25, 0.3) is 0 Å². The molecule has 5 nitrogen and oxygen atoms in total. The minimum atomic E-state index is -0.533. The predicted molar refractivity (Wildman–Crippen MR) is 99.4 cm³/mol. The van der Waals surface area contributed by atoms with Crippen LogP contribution in [-0.2, 0) is 11.3 Å². The van der Waals surface area contributed by atoms with Crippen LogP contribution in [-0.4, -0.2) is 58.4 Å². The Morgan fingerprint density at radius 2 is 1.92 bits per heavy atom. The number of aliphatic hydroxyl groups is 1. The van der Waals surface area contributed by atoms with Gasteiger partial charge in [0.05, 0.1) is 12.6 Å². The van der Waals surface area contributed by atoms with Crippen molar-refractivity contribution in [2.75, 3.05) is 19.7 Å². The number of carbonyl (C=O) groups excluding carboxylic acids is 1. The molecule has 25 heavy (non-hydrogen) atoms. The second-order valence-corrected chi connectivity index (χ2v) is 7.78. The first-order chi connectivity index (χ1) is 11.8. The molecule has 1 heterocycles. The molecule has 140 valence electrons. The maximum absolute atomic E-state index is 12.6. The summed E-state index contributed by atoms with van der Waals surface area (Å²) in [5, 5.41) is 9.80. The zero-order valence-corrected chi connectivity index (χ0v) is 15.9. The van der Waals surface area contributed by atoms with Gasteiger partial charge in [-0.25, -0.2) is 4.79 Å². The lowest BCUT2D eigenvalue weighted by Crippen LogP contribution is -2.48. The van der Waals surface area contributed by atoms with E-state index in [4.69, 9.17) is 4.74 Å². The highest BCUT2D eigenvalue weighted by Gasteiger charge is 2.34. The Labute approximate surface area is 151 Å². The minimum absolute atomic E-state index is 0.0329. The average Bonchev–Trinajstić information content (AvgIpc) is 2.73. The first-order valence-electron chi connectivity index (χ1n) is 9.22. The third-order valence-electron chi connectivity index (χ3n) is 4.65. The number of nitrogens with zero attached hydrogens (tertiary/aromatic N) is 2. The summed E-state index contributed by atoms with van der Waals surface area (Å²) in [6.07, 6.45) is 1.37. The van der Waals surface area contributed by atoms with Crippen molar-refractivity contribution in [3.05, 3.63) is 35.9 Å². The van der Waals surface area contributed by atoms with E-state index in [1.165, 1.54) is 5.56 Å². The Morgan fingerprint density at radius 3 is 2.48 bits per heavy atom. The monoisotopic (exact) mass is 348 g/mol. The Hall–Kier alpha value is -1.59. The second-order valence-electron chi connectivity index (χ2n) is 7.78. The molecule has 0 spiro atoms. The summed E-state index contributed by atoms with van der Waals surface area (Å²) in [5.41, 5.74) is 0.738. The van der Waals surface area contributed by atoms with E-state index < -0.39 is 5.60 Å². The molecule has 1 aliphatic rings. The van der Waals surface area contributed by atoms with E-state index in [0.29, 0.717) is 6.54 Å². The Kier molecular flexibility index (Phi) is 6.85. The molecule has 1 saturated heterocycles. The van der Waals surface area contributed by atoms with Crippen LogP contribution in [0.4, 0.5) is 4.79 Å². The molecule has 2 rings (SSSR count). The fourth-order valence-electron chi connectivity index (χ4n) is 3.29. The van der Waals surface area contributed by atoms with Crippen molar-refractivity contribution in [3.63, 3.8) is 0 Å². The lowest BCUT2D eigenvalue weighted by Gasteiger charge is -2.34. The Bertz CT molecular complexity index is 542. The van der Waals surface area contributed by atoms with Gasteiger partial charge in [-0.2, -0.15) is 0 Å². The van der Waals surface area contributed by atoms with Gasteiger partial charge in [0.15, 0.2) is 0 Å². The maximum Gasteiger partial charge on any atom is 0.410 e. The van der Waals surface area contributed by atoms with Crippen molar-refractivity contribution in [1.29, 1.82) is 0 Å². The first kappa shape index (κ1) is 19.7. The van der Waals surface area contributed by atoms with Crippen molar-refractivity contribution in [3.8, 4) is 0 Å². The van der Waals surface area contributed by atoms with Gasteiger partial charge in [0.2, 0.25) is 0 Å². The van der Waals surface area contributed by atoms with Crippen LogP contribution in [0.3, 0.4) is 0 Å². The highest BCUT2D eigenvalue weighted by molar-refractivity contribution is 5.68. The highest BCUT2D eigenvalue weighted by atomic mass is 16.6. The summed E-state index contributed by atoms with van der Waals surface area (Å²) in [7, 11) is 0. The van der Waals surface area contributed by atoms with Crippen LogP contribution in [0, 0.1) is 0 Å². The molecular weight excluding hydrogens is 316 g/mol. The molecule has 0 aromatic heterocycles. The van der Waals surface area contributed by atoms with Crippen molar-refractivity contribution in [2.24, 2.45) is 0 Å². The maximum atomic E-state index is 12.6. The van der Waals surface area contributed by atoms with Gasteiger partial charge in [-0.05, 0) is 39.2 Å². The smallest absolute Gasteiger partial charge is 0.410 e. The quantitative estimate of drug-likeness (QED) is 0.907. The highest BCUT2D eigenvalue weighted by Crippen LogP contribution is 2.22. The largest absolute Gasteiger partial charge is 0.444 e. The fraction of sp³-hybridized carbons (Fsp3) is 0.650. The zero-order chi connectivity index (χ0) is 18.4. The third kappa shape index (κ3) is 5.72. The van der Waals surface area contributed by atoms with Gasteiger partial charge in [-0.15, -0.1) is 0 Å². The van der Waals surface area contributed by atoms with Gasteiger partial charge in [0, 0.05) is 25.7 Å². The zero-order valence-electron chi connectivity index (χ0n) is 15.9. The summed E-state index contributed by atoms with van der Waals surface area (Å²) in [6, 6.07) is 10.5. The molecule has 2 atom stereocenters. The SMILES string of the molecule is CC[C@@H]1CN(C(=O)OC(C)(C)C)[C@H](CO)CCN1Cc1ccccc1. The van der Waals surface area contributed by atoms with Crippen molar-refractivity contribution in [1.82, 2.24) is 9.80 Å². The Balaban J connectivity index is 2.14. The number of rotatable bonds is 4. The average molecular weight is 348 g/mol. The van der Waals surface area contributed by atoms with Crippen LogP contribution in [0.2, 0.25) is 0 Å². The summed E-state index contributed by atoms with van der Waals surface area (Å²) in [5.74, 6) is 0. The van der Waals surface area contributed by atoms with E-state index in [1.807, 2.05) is 26.8 Å². The van der Waals surface area contributed by atoms with Gasteiger partial charge in [0.1, 0.15) is 5.60 Å². The Morgan fingerprint density at radius 1 is 1.24 bits per heavy atom. The molecule has 0 unspecified atom stereocenters. The summed E-state index contributed by atoms with van der Waals surface area (Å²) < 4.78 is 5.57. The molecular formula is C20H32N2O3. The van der Waals surface area contributed by atoms with Crippen LogP contribution in [0.1, 0.15) is 46.1 Å². The van der Waals surface area contributed by atoms with E-state index in [9.17, 15) is 9.90 Å². The number of carbonyl (C=O) groups is 1. The molecule has 0 aliphatic carbocycles. The van der Waals surface area contributed by atoms with E-state index in [0.717, 1.165) is 25.9 Å². The second kappa shape index (κ2) is 8.68. The number of aliphatic hydroxyl groups excluding tert-OH is 1. The van der Waals surface area contributed by atoms with E-state index in [2.05, 4.69) is 36.1 Å². The first-order valence-corrected chi connectivity index (χ1v) is 9.22. The van der Waals surface area contributed by atoms with Gasteiger partial charge < -0.3 is 14.7 Å². The van der Waals surface area contributed by atoms with E-state index >= 15 is 0 Å². The summed E-state index contributed by atoms with van der Waals surface area (Å²) in [6.45, 7) is 10.0. The fourth-order valence-corrected chi connectivity index (χ4v) is 3.29. The van der Waals surface area contributed by atoms with Crippen molar-refractivity contribution < 1.29 is 14.6 Å². The van der Waals surface area contributed by atoms with Gasteiger partial charge >= 0.3 is 6.09 Å². The summed E-state index contributed by atoms with van der Waals surface area (Å²) >= 11 is 0. The standard InChI is InChI=1S/C20H32N2O3/c1-5-17-14-22(19(24)25-20(2,3)4)18(15-23)11-12-21(17)13-16-9-7-6-8-10-16/h6-10,17-18,23H,5,11-15H2,1-4H3/t17-,18+/m1/s1. The van der Waals surface area contributed by atoms with Gasteiger partial charge in [-0.3, -0.25) is 4.90 Å². The molecule has 0 saturated carbocycles. The van der Waals surface area contributed by atoms with E-state index in [1.54, 1.807) is 4.90 Å². The lowest BCUT2D eigenvalue weighted by atomic mass is 10.1. The predicted octanol–water partition coefficient (Wildman–Crippen LogP) is 3.27. The number of hydrogen-bond acceptors (Lipinski definition) is 4. The number of benzene rings is 1. The molecule has 1 amide bonds. The van der Waals surface area contributed by atoms with Crippen molar-refractivity contribution >= 4 is 6.09 Å². The van der Waals surface area contributed by atoms with Gasteiger partial charge in [-0.1, -0.05) is 37.3 Å². The lowest BCUT2D eigenvalue weighted by molar-refractivity contribution is 0.00782. The normalized spacial score (nSPS) is 22.5. The molecule has 1 fully saturated rings. The molecule has 1 N–H and O–H groups in total. The summed E-state index contributed by atoms with van der Waals surface area (Å²) in [4.78, 5) is 16.8. The molecule has 0 radical (unpaired) electrons. The number of amides is 1. The molecule has 1 aliphatic heterocycles. The van der Waals surface area contributed by atoms with Crippen LogP contribution >= 0.6 is 0 Å². The van der Waals surface area contributed by atoms with Crippen LogP contribution in [0.25, 0.3) is 0 Å². The minimum Gasteiger partial charge on any atom is -0.444 e. The van der Waals surface area contributed by atoms with Crippen LogP contribution in [0.5, 0.6) is 0 Å². The van der Waals surface area contributed by atoms with Crippen LogP contribution in [0.15, 0.2) is 30.3 Å². The third-order valence-corrected chi connectivity index (χ3v) is 4.65. The molecule has 1 aromatic carbocycles. The topological polar surface area (TPSA) is 53.0 Å². The molecule has 0 bridgehead atoms. The molecule has 1 aromatic rings. The number of hydrogen-bond donors (Lipinski definition) is 1.